The van der Waals surface area contributed by atoms with Crippen molar-refractivity contribution in [2.45, 2.75) is 6.54 Å². The molecule has 5 nitrogen and oxygen atoms in total. The van der Waals surface area contributed by atoms with Crippen molar-refractivity contribution in [1.29, 1.82) is 0 Å². The third-order valence-electron chi connectivity index (χ3n) is 1.01. The van der Waals surface area contributed by atoms with Crippen molar-refractivity contribution in [3.8, 4) is 0 Å². The number of halogens is 1. The molecule has 0 bridgehead atoms. The van der Waals surface area contributed by atoms with E-state index in [1.807, 2.05) is 0 Å². The van der Waals surface area contributed by atoms with Crippen molar-refractivity contribution in [2.75, 3.05) is 18.5 Å². The molecule has 0 amide bonds. The summed E-state index contributed by atoms with van der Waals surface area (Å²) in [4.78, 5) is 0. The summed E-state index contributed by atoms with van der Waals surface area (Å²) in [5, 5.41) is 9.69. The molecule has 0 unspecified atom stereocenters. The molecule has 0 aliphatic rings. The van der Waals surface area contributed by atoms with Gasteiger partial charge in [0.25, 0.3) is 0 Å². The smallest absolute Gasteiger partial charge is 0.315 e. The summed E-state index contributed by atoms with van der Waals surface area (Å²) < 4.78 is 16.5. The quantitative estimate of drug-likeness (QED) is 0.643. The third kappa shape index (κ3) is 2.15. The summed E-state index contributed by atoms with van der Waals surface area (Å²) in [6.07, 6.45) is 0. The van der Waals surface area contributed by atoms with Crippen molar-refractivity contribution in [1.82, 2.24) is 10.2 Å². The monoisotopic (exact) mass is 160 g/mol. The first-order valence-electron chi connectivity index (χ1n) is 3.19. The zero-order chi connectivity index (χ0) is 8.10. The number of rotatable bonds is 4. The van der Waals surface area contributed by atoms with Crippen LogP contribution in [-0.2, 0) is 6.54 Å². The highest BCUT2D eigenvalue weighted by Crippen LogP contribution is 2.02. The second-order valence-electron chi connectivity index (χ2n) is 1.82. The first kappa shape index (κ1) is 7.93. The second-order valence-corrected chi connectivity index (χ2v) is 1.82. The molecule has 1 aromatic heterocycles. The Kier molecular flexibility index (Phi) is 2.79. The fraction of sp³-hybridized carbons (Fsp3) is 0.600. The van der Waals surface area contributed by atoms with Gasteiger partial charge in [-0.3, -0.25) is 0 Å². The minimum absolute atomic E-state index is 0.173. The van der Waals surface area contributed by atoms with Gasteiger partial charge in [-0.25, -0.2) is 4.39 Å². The van der Waals surface area contributed by atoms with E-state index in [0.29, 0.717) is 5.89 Å². The van der Waals surface area contributed by atoms with Gasteiger partial charge in [-0.2, -0.15) is 0 Å². The molecule has 1 heterocycles. The summed E-state index contributed by atoms with van der Waals surface area (Å²) in [7, 11) is 0. The van der Waals surface area contributed by atoms with Crippen LogP contribution in [0.4, 0.5) is 10.4 Å². The summed E-state index contributed by atoms with van der Waals surface area (Å²) in [6.45, 7) is -0.100. The van der Waals surface area contributed by atoms with Gasteiger partial charge in [-0.15, -0.1) is 5.10 Å². The molecule has 0 saturated heterocycles. The van der Waals surface area contributed by atoms with Crippen molar-refractivity contribution in [3.05, 3.63) is 5.89 Å². The maximum absolute atomic E-state index is 11.6. The summed E-state index contributed by atoms with van der Waals surface area (Å²) in [6, 6.07) is 0.211. The fourth-order valence-electron chi connectivity index (χ4n) is 0.562. The first-order chi connectivity index (χ1) is 5.36. The highest BCUT2D eigenvalue weighted by molar-refractivity contribution is 5.16. The van der Waals surface area contributed by atoms with Crippen molar-refractivity contribution >= 4 is 6.01 Å². The number of anilines is 1. The van der Waals surface area contributed by atoms with E-state index in [-0.39, 0.29) is 19.1 Å². The topological polar surface area (TPSA) is 77.0 Å². The molecule has 6 heteroatoms. The van der Waals surface area contributed by atoms with E-state index in [1.165, 1.54) is 0 Å². The summed E-state index contributed by atoms with van der Waals surface area (Å²) in [5.41, 5.74) is 5.19. The Balaban J connectivity index is 2.44. The lowest BCUT2D eigenvalue weighted by molar-refractivity contribution is 0.486. The maximum Gasteiger partial charge on any atom is 0.315 e. The molecule has 11 heavy (non-hydrogen) atoms. The van der Waals surface area contributed by atoms with E-state index in [0.717, 1.165) is 0 Å². The highest BCUT2D eigenvalue weighted by Gasteiger charge is 2.01. The largest absolute Gasteiger partial charge is 0.407 e. The van der Waals surface area contributed by atoms with Crippen molar-refractivity contribution in [3.63, 3.8) is 0 Å². The number of aromatic nitrogens is 2. The van der Waals surface area contributed by atoms with Gasteiger partial charge in [-0.05, 0) is 0 Å². The molecule has 3 N–H and O–H groups in total. The zero-order valence-corrected chi connectivity index (χ0v) is 5.88. The minimum Gasteiger partial charge on any atom is -0.407 e. The molecule has 0 spiro atoms. The molecule has 0 aliphatic carbocycles. The second kappa shape index (κ2) is 3.87. The average molecular weight is 160 g/mol. The normalized spacial score (nSPS) is 10.0. The van der Waals surface area contributed by atoms with Crippen LogP contribution >= 0.6 is 0 Å². The fourth-order valence-corrected chi connectivity index (χ4v) is 0.562. The van der Waals surface area contributed by atoms with Crippen LogP contribution in [0.1, 0.15) is 5.89 Å². The molecule has 0 fully saturated rings. The Morgan fingerprint density at radius 1 is 1.55 bits per heavy atom. The number of alkyl halides is 1. The Morgan fingerprint density at radius 3 is 2.91 bits per heavy atom. The molecular weight excluding hydrogens is 151 g/mol. The predicted molar refractivity (Wildman–Crippen MR) is 36.7 cm³/mol. The Labute approximate surface area is 62.8 Å². The summed E-state index contributed by atoms with van der Waals surface area (Å²) in [5.74, 6) is 0.339. The number of nitrogens with two attached hydrogens (primary N) is 1. The third-order valence-corrected chi connectivity index (χ3v) is 1.01. The molecular formula is C5H9FN4O. The Bertz CT molecular complexity index is 214. The molecule has 62 valence electrons. The van der Waals surface area contributed by atoms with Gasteiger partial charge in [0.2, 0.25) is 5.89 Å². The van der Waals surface area contributed by atoms with Gasteiger partial charge in [0.15, 0.2) is 0 Å². The lowest BCUT2D eigenvalue weighted by Gasteiger charge is -1.92. The standard InChI is InChI=1S/C5H9FN4O/c6-1-2-8-5-10-9-4(3-7)11-5/h1-3,7H2,(H,8,10). The number of nitrogens with zero attached hydrogens (tertiary/aromatic N) is 2. The van der Waals surface area contributed by atoms with Gasteiger partial charge in [0.1, 0.15) is 6.67 Å². The zero-order valence-electron chi connectivity index (χ0n) is 5.88. The van der Waals surface area contributed by atoms with E-state index in [1.54, 1.807) is 0 Å². The SMILES string of the molecule is NCc1nnc(NCCF)o1. The van der Waals surface area contributed by atoms with E-state index >= 15 is 0 Å². The van der Waals surface area contributed by atoms with Crippen LogP contribution in [0, 0.1) is 0 Å². The van der Waals surface area contributed by atoms with Crippen LogP contribution in [-0.4, -0.2) is 23.4 Å². The molecule has 1 rings (SSSR count). The predicted octanol–water partition coefficient (Wildman–Crippen LogP) is -0.0903. The molecule has 0 aromatic carbocycles. The van der Waals surface area contributed by atoms with E-state index < -0.39 is 6.67 Å². The molecule has 0 radical (unpaired) electrons. The van der Waals surface area contributed by atoms with Crippen LogP contribution in [0.2, 0.25) is 0 Å². The maximum atomic E-state index is 11.6. The molecule has 1 aromatic rings. The van der Waals surface area contributed by atoms with Gasteiger partial charge in [0, 0.05) is 6.54 Å². The number of hydrogen-bond donors (Lipinski definition) is 2. The van der Waals surface area contributed by atoms with Gasteiger partial charge < -0.3 is 15.5 Å². The highest BCUT2D eigenvalue weighted by atomic mass is 19.1. The van der Waals surface area contributed by atoms with Crippen LogP contribution < -0.4 is 11.1 Å². The van der Waals surface area contributed by atoms with E-state index in [2.05, 4.69) is 15.5 Å². The van der Waals surface area contributed by atoms with E-state index in [9.17, 15) is 4.39 Å². The molecule has 0 saturated carbocycles. The van der Waals surface area contributed by atoms with Crippen molar-refractivity contribution < 1.29 is 8.81 Å². The van der Waals surface area contributed by atoms with Crippen molar-refractivity contribution in [2.24, 2.45) is 5.73 Å². The lowest BCUT2D eigenvalue weighted by Crippen LogP contribution is -2.02. The number of hydrogen-bond acceptors (Lipinski definition) is 5. The Morgan fingerprint density at radius 2 is 2.36 bits per heavy atom. The average Bonchev–Trinajstić information content (AvgIpc) is 2.48. The summed E-state index contributed by atoms with van der Waals surface area (Å²) >= 11 is 0. The van der Waals surface area contributed by atoms with Gasteiger partial charge in [-0.1, -0.05) is 5.10 Å². The first-order valence-corrected chi connectivity index (χ1v) is 3.19. The van der Waals surface area contributed by atoms with Gasteiger partial charge in [0.05, 0.1) is 6.54 Å². The van der Waals surface area contributed by atoms with Gasteiger partial charge >= 0.3 is 6.01 Å². The van der Waals surface area contributed by atoms with Crippen LogP contribution in [0.5, 0.6) is 0 Å². The lowest BCUT2D eigenvalue weighted by atomic mass is 10.7. The molecule has 0 atom stereocenters. The van der Waals surface area contributed by atoms with Crippen LogP contribution in [0.3, 0.4) is 0 Å². The number of nitrogens with one attached hydrogen (secondary N) is 1. The van der Waals surface area contributed by atoms with Crippen LogP contribution in [0.25, 0.3) is 0 Å². The van der Waals surface area contributed by atoms with E-state index in [4.69, 9.17) is 10.2 Å². The van der Waals surface area contributed by atoms with Crippen LogP contribution in [0.15, 0.2) is 4.42 Å². The minimum atomic E-state index is -0.472. The molecule has 0 aliphatic heterocycles. The Hall–Kier alpha value is -1.17.